The maximum absolute atomic E-state index is 13.5. The third-order valence-corrected chi connectivity index (χ3v) is 3.26. The van der Waals surface area contributed by atoms with Gasteiger partial charge in [0.25, 0.3) is 0 Å². The van der Waals surface area contributed by atoms with Crippen molar-refractivity contribution in [1.29, 1.82) is 0 Å². The lowest BCUT2D eigenvalue weighted by Crippen LogP contribution is -2.05. The molecule has 0 saturated carbocycles. The van der Waals surface area contributed by atoms with Gasteiger partial charge in [0.2, 0.25) is 0 Å². The Bertz CT molecular complexity index is 407. The molecule has 0 heterocycles. The summed E-state index contributed by atoms with van der Waals surface area (Å²) in [4.78, 5) is 11.1. The maximum atomic E-state index is 13.5. The van der Waals surface area contributed by atoms with Gasteiger partial charge < -0.3 is 4.74 Å². The Hall–Kier alpha value is -0.900. The minimum Gasteiger partial charge on any atom is -0.493 e. The van der Waals surface area contributed by atoms with Crippen molar-refractivity contribution in [2.75, 3.05) is 11.9 Å². The van der Waals surface area contributed by atoms with Gasteiger partial charge in [0.1, 0.15) is 11.6 Å². The largest absolute Gasteiger partial charge is 0.493 e. The molecule has 0 fully saturated rings. The van der Waals surface area contributed by atoms with Crippen molar-refractivity contribution in [1.82, 2.24) is 0 Å². The lowest BCUT2D eigenvalue weighted by molar-refractivity contribution is 0.101. The zero-order valence-corrected chi connectivity index (χ0v) is 12.3. The topological polar surface area (TPSA) is 26.3 Å². The number of carbonyl (C=O) groups excluding carboxylic acids is 1. The highest BCUT2D eigenvalue weighted by Crippen LogP contribution is 2.18. The molecule has 0 aliphatic carbocycles. The Morgan fingerprint density at radius 1 is 1.44 bits per heavy atom. The highest BCUT2D eigenvalue weighted by atomic mass is 79.9. The summed E-state index contributed by atoms with van der Waals surface area (Å²) in [5.41, 5.74) is 0.106. The van der Waals surface area contributed by atoms with Crippen LogP contribution in [0.5, 0.6) is 5.75 Å². The van der Waals surface area contributed by atoms with E-state index < -0.39 is 5.82 Å². The second-order valence-electron chi connectivity index (χ2n) is 4.42. The molecule has 0 aliphatic heterocycles. The van der Waals surface area contributed by atoms with Gasteiger partial charge in [-0.1, -0.05) is 22.9 Å². The van der Waals surface area contributed by atoms with Crippen molar-refractivity contribution in [3.8, 4) is 5.75 Å². The molecule has 0 N–H and O–H groups in total. The molecule has 4 heteroatoms. The van der Waals surface area contributed by atoms with Crippen LogP contribution >= 0.6 is 15.9 Å². The number of carbonyl (C=O) groups is 1. The van der Waals surface area contributed by atoms with E-state index in [0.29, 0.717) is 18.3 Å². The summed E-state index contributed by atoms with van der Waals surface area (Å²) in [5, 5.41) is 0.982. The fraction of sp³-hybridized carbons (Fsp3) is 0.500. The smallest absolute Gasteiger partial charge is 0.162 e. The molecular formula is C14H18BrFO2. The highest BCUT2D eigenvalue weighted by Gasteiger charge is 2.08. The summed E-state index contributed by atoms with van der Waals surface area (Å²) in [5.74, 6) is 0.257. The van der Waals surface area contributed by atoms with Gasteiger partial charge in [0.05, 0.1) is 12.2 Å². The molecule has 0 amide bonds. The third kappa shape index (κ3) is 4.77. The molecule has 0 aromatic heterocycles. The fourth-order valence-corrected chi connectivity index (χ4v) is 2.36. The normalized spacial score (nSPS) is 12.2. The second-order valence-corrected chi connectivity index (χ2v) is 5.21. The van der Waals surface area contributed by atoms with Crippen molar-refractivity contribution >= 4 is 21.7 Å². The van der Waals surface area contributed by atoms with E-state index in [1.54, 1.807) is 6.07 Å². The minimum atomic E-state index is -0.520. The number of halogens is 2. The van der Waals surface area contributed by atoms with Crippen LogP contribution in [0, 0.1) is 11.7 Å². The molecular weight excluding hydrogens is 299 g/mol. The predicted molar refractivity (Wildman–Crippen MR) is 74.1 cm³/mol. The van der Waals surface area contributed by atoms with Crippen LogP contribution in [0.3, 0.4) is 0 Å². The van der Waals surface area contributed by atoms with E-state index >= 15 is 0 Å². The van der Waals surface area contributed by atoms with Gasteiger partial charge >= 0.3 is 0 Å². The molecule has 1 unspecified atom stereocenters. The van der Waals surface area contributed by atoms with Crippen LogP contribution in [-0.4, -0.2) is 17.7 Å². The number of benzene rings is 1. The summed E-state index contributed by atoms with van der Waals surface area (Å²) in [7, 11) is 0. The van der Waals surface area contributed by atoms with Crippen LogP contribution < -0.4 is 4.74 Å². The third-order valence-electron chi connectivity index (χ3n) is 2.80. The van der Waals surface area contributed by atoms with Crippen LogP contribution in [0.25, 0.3) is 0 Å². The zero-order chi connectivity index (χ0) is 13.5. The molecule has 1 rings (SSSR count). The number of ether oxygens (including phenoxy) is 1. The summed E-state index contributed by atoms with van der Waals surface area (Å²) < 4.78 is 19.0. The van der Waals surface area contributed by atoms with E-state index in [4.69, 9.17) is 4.74 Å². The van der Waals surface area contributed by atoms with Crippen molar-refractivity contribution in [2.45, 2.75) is 26.7 Å². The molecule has 1 aromatic rings. The van der Waals surface area contributed by atoms with Gasteiger partial charge in [-0.15, -0.1) is 0 Å². The van der Waals surface area contributed by atoms with Gasteiger partial charge in [0.15, 0.2) is 5.78 Å². The molecule has 100 valence electrons. The molecule has 0 aliphatic rings. The molecule has 2 nitrogen and oxygen atoms in total. The SMILES string of the molecule is CC(=O)c1ccc(OCCC(C)CCBr)cc1F. The van der Waals surface area contributed by atoms with E-state index in [1.165, 1.54) is 19.1 Å². The lowest BCUT2D eigenvalue weighted by atomic mass is 10.1. The van der Waals surface area contributed by atoms with Crippen LogP contribution in [0.1, 0.15) is 37.0 Å². The van der Waals surface area contributed by atoms with E-state index in [-0.39, 0.29) is 11.3 Å². The van der Waals surface area contributed by atoms with Crippen LogP contribution in [0.2, 0.25) is 0 Å². The van der Waals surface area contributed by atoms with E-state index in [0.717, 1.165) is 18.2 Å². The van der Waals surface area contributed by atoms with Crippen molar-refractivity contribution in [3.05, 3.63) is 29.6 Å². The molecule has 0 saturated heterocycles. The summed E-state index contributed by atoms with van der Waals surface area (Å²) in [6, 6.07) is 4.37. The van der Waals surface area contributed by atoms with Gasteiger partial charge in [0, 0.05) is 11.4 Å². The standard InChI is InChI=1S/C14H18BrFO2/c1-10(5-7-15)6-8-18-12-3-4-13(11(2)17)14(16)9-12/h3-4,9-10H,5-8H2,1-2H3. The zero-order valence-electron chi connectivity index (χ0n) is 10.7. The predicted octanol–water partition coefficient (Wildman–Crippen LogP) is 4.22. The van der Waals surface area contributed by atoms with Gasteiger partial charge in [-0.3, -0.25) is 4.79 Å². The molecule has 0 bridgehead atoms. The molecule has 1 atom stereocenters. The molecule has 0 spiro atoms. The van der Waals surface area contributed by atoms with Gasteiger partial charge in [-0.25, -0.2) is 4.39 Å². The number of rotatable bonds is 7. The van der Waals surface area contributed by atoms with Crippen LogP contribution in [0.15, 0.2) is 18.2 Å². The number of Topliss-reactive ketones (excluding diaryl/α,β-unsaturated/α-hetero) is 1. The average molecular weight is 317 g/mol. The highest BCUT2D eigenvalue weighted by molar-refractivity contribution is 9.09. The lowest BCUT2D eigenvalue weighted by Gasteiger charge is -2.11. The Morgan fingerprint density at radius 3 is 2.72 bits per heavy atom. The van der Waals surface area contributed by atoms with Crippen LogP contribution in [0.4, 0.5) is 4.39 Å². The first-order valence-corrected chi connectivity index (χ1v) is 7.16. The minimum absolute atomic E-state index is 0.106. The Kier molecular flexibility index (Phi) is 6.33. The Labute approximate surface area is 116 Å². The summed E-state index contributed by atoms with van der Waals surface area (Å²) in [6.45, 7) is 4.07. The number of ketones is 1. The molecule has 18 heavy (non-hydrogen) atoms. The monoisotopic (exact) mass is 316 g/mol. The summed E-state index contributed by atoms with van der Waals surface area (Å²) >= 11 is 3.40. The van der Waals surface area contributed by atoms with Crippen LogP contribution in [-0.2, 0) is 0 Å². The number of hydrogen-bond acceptors (Lipinski definition) is 2. The summed E-state index contributed by atoms with van der Waals surface area (Å²) in [6.07, 6.45) is 2.03. The van der Waals surface area contributed by atoms with E-state index in [1.807, 2.05) is 0 Å². The number of hydrogen-bond donors (Lipinski definition) is 0. The molecule has 1 aromatic carbocycles. The van der Waals surface area contributed by atoms with E-state index in [2.05, 4.69) is 22.9 Å². The Morgan fingerprint density at radius 2 is 2.17 bits per heavy atom. The van der Waals surface area contributed by atoms with Gasteiger partial charge in [-0.05, 0) is 37.8 Å². The number of alkyl halides is 1. The maximum Gasteiger partial charge on any atom is 0.162 e. The first-order chi connectivity index (χ1) is 8.54. The van der Waals surface area contributed by atoms with Crippen molar-refractivity contribution < 1.29 is 13.9 Å². The average Bonchev–Trinajstić information content (AvgIpc) is 2.29. The van der Waals surface area contributed by atoms with Crippen molar-refractivity contribution in [2.24, 2.45) is 5.92 Å². The van der Waals surface area contributed by atoms with E-state index in [9.17, 15) is 9.18 Å². The van der Waals surface area contributed by atoms with Crippen molar-refractivity contribution in [3.63, 3.8) is 0 Å². The second kappa shape index (κ2) is 7.52. The first-order valence-electron chi connectivity index (χ1n) is 6.04. The molecule has 0 radical (unpaired) electrons. The quantitative estimate of drug-likeness (QED) is 0.556. The fourth-order valence-electron chi connectivity index (χ4n) is 1.58. The Balaban J connectivity index is 2.49. The van der Waals surface area contributed by atoms with Gasteiger partial charge in [-0.2, -0.15) is 0 Å². The first kappa shape index (κ1) is 15.2.